The zero-order valence-corrected chi connectivity index (χ0v) is 40.1. The van der Waals surface area contributed by atoms with Gasteiger partial charge in [-0.1, -0.05) is 77.3 Å². The third-order valence-corrected chi connectivity index (χ3v) is 15.0. The topological polar surface area (TPSA) is 146 Å². The van der Waals surface area contributed by atoms with Crippen LogP contribution in [0.15, 0.2) is 109 Å². The summed E-state index contributed by atoms with van der Waals surface area (Å²) in [5, 5.41) is 18.3. The molecular formula is C54H58Cl2N6O6. The summed E-state index contributed by atoms with van der Waals surface area (Å²) in [6.07, 6.45) is 7.50. The highest BCUT2D eigenvalue weighted by atomic mass is 35.5. The average Bonchev–Trinajstić information content (AvgIpc) is 4.11. The van der Waals surface area contributed by atoms with Crippen molar-refractivity contribution >= 4 is 46.7 Å². The van der Waals surface area contributed by atoms with Crippen LogP contribution in [0.25, 0.3) is 11.3 Å². The number of nitrogens with zero attached hydrogens (tertiary/aromatic N) is 4. The first kappa shape index (κ1) is 47.3. The summed E-state index contributed by atoms with van der Waals surface area (Å²) < 4.78 is 8.63. The smallest absolute Gasteiger partial charge is 0.226 e. The molecule has 2 fully saturated rings. The van der Waals surface area contributed by atoms with E-state index in [1.807, 2.05) is 66.7 Å². The fraction of sp³-hybridized carbons (Fsp3) is 0.389. The number of carbonyl (C=O) groups is 4. The van der Waals surface area contributed by atoms with Gasteiger partial charge in [-0.05, 0) is 110 Å². The van der Waals surface area contributed by atoms with Crippen molar-refractivity contribution in [3.8, 4) is 22.8 Å². The van der Waals surface area contributed by atoms with Gasteiger partial charge in [0, 0.05) is 73.7 Å². The van der Waals surface area contributed by atoms with E-state index in [0.717, 1.165) is 59.7 Å². The maximum atomic E-state index is 15.3. The Morgan fingerprint density at radius 3 is 2.47 bits per heavy atom. The fourth-order valence-corrected chi connectivity index (χ4v) is 11.0. The van der Waals surface area contributed by atoms with E-state index in [0.29, 0.717) is 59.3 Å². The second kappa shape index (κ2) is 20.4. The Morgan fingerprint density at radius 2 is 1.71 bits per heavy atom. The number of ether oxygens (including phenoxy) is 1. The van der Waals surface area contributed by atoms with Crippen molar-refractivity contribution in [1.82, 2.24) is 30.0 Å². The number of hydrogen-bond donors (Lipinski definition) is 3. The van der Waals surface area contributed by atoms with Gasteiger partial charge in [-0.3, -0.25) is 19.2 Å². The number of Topliss-reactive ketones (excluding diaryl/α,β-unsaturated/α-hetero) is 1. The van der Waals surface area contributed by atoms with E-state index < -0.39 is 41.7 Å². The molecule has 4 aliphatic rings. The van der Waals surface area contributed by atoms with Crippen molar-refractivity contribution in [3.63, 3.8) is 0 Å². The molecule has 0 unspecified atom stereocenters. The number of imidazole rings is 1. The fourth-order valence-electron chi connectivity index (χ4n) is 10.7. The minimum Gasteiger partial charge on any atom is -0.457 e. The van der Waals surface area contributed by atoms with Crippen molar-refractivity contribution in [2.75, 3.05) is 32.8 Å². The van der Waals surface area contributed by atoms with Gasteiger partial charge in [-0.15, -0.1) is 0 Å². The Hall–Kier alpha value is -5.79. The van der Waals surface area contributed by atoms with Gasteiger partial charge in [0.15, 0.2) is 5.78 Å². The van der Waals surface area contributed by atoms with Gasteiger partial charge >= 0.3 is 0 Å². The molecule has 0 spiro atoms. The first-order valence-corrected chi connectivity index (χ1v) is 24.4. The van der Waals surface area contributed by atoms with Crippen molar-refractivity contribution in [1.29, 1.82) is 0 Å². The molecule has 9 rings (SSSR count). The monoisotopic (exact) mass is 956 g/mol. The predicted molar refractivity (Wildman–Crippen MR) is 262 cm³/mol. The number of rotatable bonds is 11. The average molecular weight is 958 g/mol. The first-order valence-electron chi connectivity index (χ1n) is 23.7. The second-order valence-electron chi connectivity index (χ2n) is 19.0. The molecule has 3 amide bonds. The zero-order valence-electron chi connectivity index (χ0n) is 38.6. The van der Waals surface area contributed by atoms with E-state index in [-0.39, 0.29) is 43.7 Å². The molecule has 2 bridgehead atoms. The SMILES string of the molecule is C[C@H]1C(=O)C[C@@H](CO)C(=O)N[C@@]2(Cc3ccc(Cl)cc3)CCCN(C2)C(=O)[C@H]([C@@H]2CCc3ccccc32)CC(=O)N1Cc1ccc(Cl)cc1Oc1ccc(-c2cnc(CC3=CCNC3)n2C)cc1. The lowest BCUT2D eigenvalue weighted by atomic mass is 9.79. The Kier molecular flexibility index (Phi) is 14.2. The highest BCUT2D eigenvalue weighted by molar-refractivity contribution is 6.31. The van der Waals surface area contributed by atoms with E-state index in [2.05, 4.69) is 33.4 Å². The summed E-state index contributed by atoms with van der Waals surface area (Å²) in [5.41, 5.74) is 6.09. The maximum absolute atomic E-state index is 15.3. The summed E-state index contributed by atoms with van der Waals surface area (Å²) in [6, 6.07) is 27.4. The summed E-state index contributed by atoms with van der Waals surface area (Å²) in [6.45, 7) is 3.44. The molecule has 2 saturated heterocycles. The van der Waals surface area contributed by atoms with Crippen LogP contribution >= 0.6 is 23.2 Å². The van der Waals surface area contributed by atoms with Gasteiger partial charge in [0.05, 0.1) is 48.5 Å². The molecule has 0 radical (unpaired) electrons. The summed E-state index contributed by atoms with van der Waals surface area (Å²) in [4.78, 5) is 67.3. The van der Waals surface area contributed by atoms with Crippen molar-refractivity contribution in [2.24, 2.45) is 18.9 Å². The summed E-state index contributed by atoms with van der Waals surface area (Å²) in [7, 11) is 2.02. The third-order valence-electron chi connectivity index (χ3n) is 14.5. The number of piperidine rings is 1. The number of aliphatic hydroxyl groups excluding tert-OH is 1. The quantitative estimate of drug-likeness (QED) is 0.113. The molecule has 3 aliphatic heterocycles. The molecule has 4 heterocycles. The minimum absolute atomic E-state index is 0.0495. The number of benzene rings is 4. The number of ketones is 1. The van der Waals surface area contributed by atoms with Crippen molar-refractivity contribution in [3.05, 3.63) is 147 Å². The Labute approximate surface area is 407 Å². The second-order valence-corrected chi connectivity index (χ2v) is 19.9. The van der Waals surface area contributed by atoms with Crippen LogP contribution in [0.1, 0.15) is 73.0 Å². The maximum Gasteiger partial charge on any atom is 0.226 e. The molecule has 354 valence electrons. The van der Waals surface area contributed by atoms with E-state index >= 15 is 9.59 Å². The predicted octanol–water partition coefficient (Wildman–Crippen LogP) is 8.01. The molecule has 0 saturated carbocycles. The van der Waals surface area contributed by atoms with Gasteiger partial charge < -0.3 is 34.8 Å². The molecule has 3 N–H and O–H groups in total. The number of hydrogen-bond acceptors (Lipinski definition) is 8. The number of halogens is 2. The summed E-state index contributed by atoms with van der Waals surface area (Å²) in [5.74, 6) is -1.55. The third kappa shape index (κ3) is 10.3. The van der Waals surface area contributed by atoms with E-state index in [1.54, 1.807) is 37.3 Å². The van der Waals surface area contributed by atoms with Crippen LogP contribution < -0.4 is 15.4 Å². The highest BCUT2D eigenvalue weighted by Gasteiger charge is 2.45. The van der Waals surface area contributed by atoms with Crippen molar-refractivity contribution in [2.45, 2.75) is 82.3 Å². The first-order chi connectivity index (χ1) is 32.9. The Morgan fingerprint density at radius 1 is 0.926 bits per heavy atom. The molecule has 1 aliphatic carbocycles. The lowest BCUT2D eigenvalue weighted by molar-refractivity contribution is -0.148. The van der Waals surface area contributed by atoms with Gasteiger partial charge in [-0.25, -0.2) is 4.98 Å². The number of amides is 3. The van der Waals surface area contributed by atoms with Crippen molar-refractivity contribution < 1.29 is 29.0 Å². The lowest BCUT2D eigenvalue weighted by Gasteiger charge is -2.46. The number of aliphatic hydroxyl groups is 1. The molecule has 14 heteroatoms. The van der Waals surface area contributed by atoms with E-state index in [4.69, 9.17) is 32.9 Å². The number of aryl methyl sites for hydroxylation is 1. The van der Waals surface area contributed by atoms with Crippen LogP contribution in [-0.2, 0) is 52.0 Å². The van der Waals surface area contributed by atoms with Crippen LogP contribution in [-0.4, -0.2) is 92.3 Å². The van der Waals surface area contributed by atoms with Crippen LogP contribution in [0.4, 0.5) is 0 Å². The van der Waals surface area contributed by atoms with Gasteiger partial charge in [0.2, 0.25) is 17.7 Å². The van der Waals surface area contributed by atoms with Crippen LogP contribution in [0.3, 0.4) is 0 Å². The minimum atomic E-state index is -1.09. The lowest BCUT2D eigenvalue weighted by Crippen LogP contribution is -2.63. The molecule has 5 atom stereocenters. The molecular weight excluding hydrogens is 900 g/mol. The van der Waals surface area contributed by atoms with Crippen LogP contribution in [0.5, 0.6) is 11.5 Å². The number of nitrogens with one attached hydrogen (secondary N) is 2. The standard InChI is InChI=1S/C54H58Cl2N6O6/c1-34-48(64)25-40(32-63)52(66)59-54(28-35-8-14-41(55)15-9-35)21-5-23-61(33-54)53(67)46(45-19-13-37-6-3-4-7-44(37)45)27-51(65)62(34)31-39-10-16-42(56)26-49(39)68-43-17-11-38(12-18-43)47-30-58-50(60(47)2)24-36-20-22-57-29-36/h3-4,6-12,14-18,20,26,30,34,40,45-46,57,63H,5,13,19,21-25,27-29,31-33H2,1-2H3,(H,59,66)/t34-,40-,45+,46-,54+/m0/s1. The van der Waals surface area contributed by atoms with E-state index in [9.17, 15) is 14.7 Å². The molecule has 68 heavy (non-hydrogen) atoms. The molecule has 12 nitrogen and oxygen atoms in total. The van der Waals surface area contributed by atoms with Gasteiger partial charge in [-0.2, -0.15) is 0 Å². The normalized spacial score (nSPS) is 23.6. The molecule has 5 aromatic rings. The number of carbonyl (C=O) groups excluding carboxylic acids is 4. The van der Waals surface area contributed by atoms with E-state index in [1.165, 1.54) is 10.5 Å². The van der Waals surface area contributed by atoms with Gasteiger partial charge in [0.25, 0.3) is 0 Å². The highest BCUT2D eigenvalue weighted by Crippen LogP contribution is 2.42. The van der Waals surface area contributed by atoms with Gasteiger partial charge in [0.1, 0.15) is 17.3 Å². The van der Waals surface area contributed by atoms with Crippen LogP contribution in [0, 0.1) is 11.8 Å². The summed E-state index contributed by atoms with van der Waals surface area (Å²) >= 11 is 12.9. The van der Waals surface area contributed by atoms with Crippen LogP contribution in [0.2, 0.25) is 10.0 Å². The molecule has 1 aromatic heterocycles. The number of aromatic nitrogens is 2. The zero-order chi connectivity index (χ0) is 47.5. The molecule has 4 aromatic carbocycles. The Balaban J connectivity index is 1.03. The number of fused-ring (bicyclic) bond motifs is 3. The largest absolute Gasteiger partial charge is 0.457 e. The Bertz CT molecular complexity index is 2720.